The zero-order valence-electron chi connectivity index (χ0n) is 42.0. The van der Waals surface area contributed by atoms with Crippen LogP contribution in [0.25, 0.3) is 17.0 Å². The van der Waals surface area contributed by atoms with Crippen LogP contribution in [0.5, 0.6) is 0 Å². The molecule has 2 aliphatic rings. The number of para-hydroxylation sites is 1. The molecular weight excluding hydrogens is 875 g/mol. The second kappa shape index (κ2) is 43.1. The molecule has 0 spiro atoms. The Labute approximate surface area is 402 Å². The summed E-state index contributed by atoms with van der Waals surface area (Å²) in [5.74, 6) is -1.73. The Kier molecular flexibility index (Phi) is 42.3. The van der Waals surface area contributed by atoms with E-state index in [1.54, 1.807) is 51.7 Å². The summed E-state index contributed by atoms with van der Waals surface area (Å²) in [7, 11) is 7.04. The quantitative estimate of drug-likeness (QED) is 0.0442. The van der Waals surface area contributed by atoms with Crippen molar-refractivity contribution in [3.63, 3.8) is 0 Å². The van der Waals surface area contributed by atoms with Gasteiger partial charge in [-0.1, -0.05) is 103 Å². The molecule has 2 aromatic carbocycles. The van der Waals surface area contributed by atoms with Gasteiger partial charge in [0.1, 0.15) is 11.7 Å². The molecule has 4 aromatic rings. The highest BCUT2D eigenvalue weighted by Gasteiger charge is 2.24. The van der Waals surface area contributed by atoms with Gasteiger partial charge in [-0.25, -0.2) is 24.0 Å². The molecule has 372 valence electrons. The Morgan fingerprint density at radius 3 is 1.65 bits per heavy atom. The summed E-state index contributed by atoms with van der Waals surface area (Å²) in [6.45, 7) is 28.5. The summed E-state index contributed by atoms with van der Waals surface area (Å²) < 4.78 is 31.4. The van der Waals surface area contributed by atoms with Gasteiger partial charge in [0.2, 0.25) is 0 Å². The van der Waals surface area contributed by atoms with Gasteiger partial charge in [0, 0.05) is 59.9 Å². The minimum absolute atomic E-state index is 0.0509. The van der Waals surface area contributed by atoms with Crippen molar-refractivity contribution in [3.8, 4) is 0 Å². The number of hydrogen-bond acceptors (Lipinski definition) is 14. The molecule has 0 bridgehead atoms. The van der Waals surface area contributed by atoms with Crippen molar-refractivity contribution in [1.29, 1.82) is 0 Å². The number of carbonyl (C=O) groups is 6. The fraction of sp³-hybridized carbons (Fsp3) is 0.302. The van der Waals surface area contributed by atoms with E-state index in [1.165, 1.54) is 58.4 Å². The molecule has 1 atom stereocenters. The Bertz CT molecular complexity index is 2180. The summed E-state index contributed by atoms with van der Waals surface area (Å²) in [6.07, 6.45) is 12.0. The number of aryl methyl sites for hydroxylation is 1. The molecule has 2 aliphatic heterocycles. The summed E-state index contributed by atoms with van der Waals surface area (Å²) in [6, 6.07) is 22.3. The first-order valence-electron chi connectivity index (χ1n) is 21.1. The van der Waals surface area contributed by atoms with Crippen LogP contribution in [-0.2, 0) is 58.9 Å². The zero-order chi connectivity index (χ0) is 53.0. The lowest BCUT2D eigenvalue weighted by Crippen LogP contribution is -2.25. The van der Waals surface area contributed by atoms with Crippen molar-refractivity contribution in [2.24, 2.45) is 0 Å². The number of esters is 4. The average molecular weight is 946 g/mol. The van der Waals surface area contributed by atoms with Crippen molar-refractivity contribution in [1.82, 2.24) is 4.90 Å². The van der Waals surface area contributed by atoms with Crippen LogP contribution in [0.3, 0.4) is 0 Å². The number of amides is 2. The highest BCUT2D eigenvalue weighted by atomic mass is 16.6. The van der Waals surface area contributed by atoms with Crippen molar-refractivity contribution >= 4 is 52.7 Å². The van der Waals surface area contributed by atoms with Gasteiger partial charge in [-0.2, -0.15) is 0 Å². The Morgan fingerprint density at radius 1 is 0.809 bits per heavy atom. The lowest BCUT2D eigenvalue weighted by molar-refractivity contribution is -0.138. The molecule has 0 N–H and O–H groups in total. The first kappa shape index (κ1) is 66.8. The average Bonchev–Trinajstić information content (AvgIpc) is 4.11. The molecule has 2 amide bonds. The van der Waals surface area contributed by atoms with E-state index in [0.29, 0.717) is 28.7 Å². The minimum Gasteiger partial charge on any atom is -0.505 e. The highest BCUT2D eigenvalue weighted by Crippen LogP contribution is 2.17. The molecule has 4 heterocycles. The largest absolute Gasteiger partial charge is 0.505 e. The first-order valence-corrected chi connectivity index (χ1v) is 21.1. The number of fused-ring (bicyclic) bond motifs is 1. The van der Waals surface area contributed by atoms with Crippen LogP contribution in [0.4, 0.5) is 0 Å². The van der Waals surface area contributed by atoms with E-state index >= 15 is 0 Å². The van der Waals surface area contributed by atoms with Gasteiger partial charge in [0.15, 0.2) is 0 Å². The Balaban J connectivity index is -0.000000349. The summed E-state index contributed by atoms with van der Waals surface area (Å²) in [4.78, 5) is 74.5. The van der Waals surface area contributed by atoms with Crippen molar-refractivity contribution in [3.05, 3.63) is 174 Å². The maximum Gasteiger partial charge on any atom is 0.336 e. The van der Waals surface area contributed by atoms with Crippen LogP contribution in [0.2, 0.25) is 0 Å². The SMILES string of the molecule is C=C(C)C(=O)OC.C=C1CC(C)OC1=O.C=CC(=O)OC.C=COC.CC.CC.CC1=CC(=O)N(C)C1=O.CCc1ccc(/C=C/C(=O)OC)cc1.O=c1ccc2ccccc2o1.c1ccoc1. The van der Waals surface area contributed by atoms with Gasteiger partial charge in [0.05, 0.1) is 47.2 Å². The molecule has 1 fully saturated rings. The van der Waals surface area contributed by atoms with Gasteiger partial charge < -0.3 is 32.5 Å². The number of cyclic esters (lactones) is 1. The van der Waals surface area contributed by atoms with Crippen LogP contribution in [0, 0.1) is 0 Å². The molecule has 15 heteroatoms. The summed E-state index contributed by atoms with van der Waals surface area (Å²) >= 11 is 0. The van der Waals surface area contributed by atoms with Crippen LogP contribution >= 0.6 is 0 Å². The van der Waals surface area contributed by atoms with Gasteiger partial charge in [-0.05, 0) is 68.7 Å². The van der Waals surface area contributed by atoms with Gasteiger partial charge >= 0.3 is 29.5 Å². The smallest absolute Gasteiger partial charge is 0.336 e. The third-order valence-corrected chi connectivity index (χ3v) is 7.47. The maximum absolute atomic E-state index is 10.8. The number of rotatable bonds is 6. The molecule has 15 nitrogen and oxygen atoms in total. The Hall–Kier alpha value is -7.81. The van der Waals surface area contributed by atoms with Crippen LogP contribution in [0.15, 0.2) is 166 Å². The normalized spacial score (nSPS) is 12.1. The van der Waals surface area contributed by atoms with Crippen LogP contribution in [0.1, 0.15) is 72.9 Å². The molecule has 1 saturated heterocycles. The standard InChI is InChI=1S/C12H14O2.C9H6O2.C6H7NO2.C6H8O2.C5H8O2.C4H6O2.C4H4O.C3H6O.2C2H6/c1-3-10-4-6-11(7-5-10)8-9-12(13)14-2;10-9-6-5-7-3-1-2-4-8(7)11-9;1-4-3-5(8)7(2)6(4)9;1-4-3-5(2)8-6(4)7;1-4(2)5(6)7-3;1-3-4(5)6-2;1-2-4-5-3-1;1-3-4-2;2*1-2/h4-9H,3H2,1-2H3;1-6H;3H,1-2H3;5H,1,3H2,2H3;1H2,2-3H3;3H,1H2,2H3;1-4H;3H,1H2,2H3;2*1-2H3/b9-8+;;;;;;;;;. The highest BCUT2D eigenvalue weighted by molar-refractivity contribution is 6.15. The number of carbonyl (C=O) groups excluding carboxylic acids is 6. The molecule has 6 rings (SSSR count). The second-order valence-corrected chi connectivity index (χ2v) is 12.5. The number of nitrogens with zero attached hydrogens (tertiary/aromatic N) is 1. The topological polar surface area (TPSA) is 195 Å². The number of ether oxygens (including phenoxy) is 5. The third-order valence-electron chi connectivity index (χ3n) is 7.47. The van der Waals surface area contributed by atoms with Gasteiger partial charge in [-0.15, -0.1) is 0 Å². The number of furan rings is 1. The first-order chi connectivity index (χ1) is 32.3. The molecule has 2 aromatic heterocycles. The molecule has 1 unspecified atom stereocenters. The fourth-order valence-electron chi connectivity index (χ4n) is 4.04. The van der Waals surface area contributed by atoms with Crippen LogP contribution in [-0.4, -0.2) is 82.2 Å². The molecule has 68 heavy (non-hydrogen) atoms. The predicted octanol–water partition coefficient (Wildman–Crippen LogP) is 10.2. The van der Waals surface area contributed by atoms with E-state index in [4.69, 9.17) is 9.15 Å². The summed E-state index contributed by atoms with van der Waals surface area (Å²) in [5.41, 5.74) is 4.18. The number of hydrogen-bond donors (Lipinski definition) is 0. The number of likely N-dealkylation sites (N-methyl/N-ethyl adjacent to an activating group) is 1. The Morgan fingerprint density at radius 2 is 1.35 bits per heavy atom. The number of methoxy groups -OCH3 is 4. The molecule has 0 saturated carbocycles. The van der Waals surface area contributed by atoms with Gasteiger partial charge in [0.25, 0.3) is 11.8 Å². The van der Waals surface area contributed by atoms with E-state index < -0.39 is 5.97 Å². The summed E-state index contributed by atoms with van der Waals surface area (Å²) in [5, 5.41) is 0.951. The predicted molar refractivity (Wildman–Crippen MR) is 268 cm³/mol. The van der Waals surface area contributed by atoms with Gasteiger partial charge in [-0.3, -0.25) is 14.5 Å². The maximum atomic E-state index is 10.8. The molecule has 0 aliphatic carbocycles. The minimum atomic E-state index is -0.394. The van der Waals surface area contributed by atoms with E-state index in [1.807, 2.05) is 77.1 Å². The third kappa shape index (κ3) is 33.7. The number of imide groups is 1. The second-order valence-electron chi connectivity index (χ2n) is 12.5. The van der Waals surface area contributed by atoms with E-state index in [9.17, 15) is 33.6 Å². The van der Waals surface area contributed by atoms with Crippen molar-refractivity contribution in [2.45, 2.75) is 74.3 Å². The van der Waals surface area contributed by atoms with Crippen LogP contribution < -0.4 is 5.63 Å². The lowest BCUT2D eigenvalue weighted by atomic mass is 10.1. The lowest BCUT2D eigenvalue weighted by Gasteiger charge is -2.03. The van der Waals surface area contributed by atoms with E-state index in [0.717, 1.165) is 28.3 Å². The monoisotopic (exact) mass is 945 g/mol. The zero-order valence-corrected chi connectivity index (χ0v) is 42.0. The van der Waals surface area contributed by atoms with E-state index in [2.05, 4.69) is 68.7 Å². The molecule has 0 radical (unpaired) electrons. The van der Waals surface area contributed by atoms with Crippen molar-refractivity contribution < 1.29 is 61.3 Å². The van der Waals surface area contributed by atoms with Crippen molar-refractivity contribution in [2.75, 3.05) is 35.5 Å². The van der Waals surface area contributed by atoms with E-state index in [-0.39, 0.29) is 41.5 Å². The molecular formula is C53H71NO14. The number of benzene rings is 2. The fourth-order valence-corrected chi connectivity index (χ4v) is 4.04.